The summed E-state index contributed by atoms with van der Waals surface area (Å²) in [6, 6.07) is 2.10. The number of fused-ring (bicyclic) bond motifs is 4. The summed E-state index contributed by atoms with van der Waals surface area (Å²) in [5.74, 6) is -4.00. The largest absolute Gasteiger partial charge is 0.510 e. The van der Waals surface area contributed by atoms with Crippen LogP contribution in [0.25, 0.3) is 22.3 Å². The predicted molar refractivity (Wildman–Crippen MR) is 163 cm³/mol. The highest BCUT2D eigenvalue weighted by Crippen LogP contribution is 2.56. The lowest BCUT2D eigenvalue weighted by atomic mass is 9.78. The van der Waals surface area contributed by atoms with Gasteiger partial charge in [0.05, 0.1) is 56.8 Å². The molecule has 1 atom stereocenters. The van der Waals surface area contributed by atoms with E-state index < -0.39 is 88.4 Å². The van der Waals surface area contributed by atoms with Crippen molar-refractivity contribution in [2.45, 2.75) is 25.2 Å². The first-order valence-electron chi connectivity index (χ1n) is 13.5. The number of amides is 2. The van der Waals surface area contributed by atoms with Crippen molar-refractivity contribution in [2.24, 2.45) is 5.10 Å². The van der Waals surface area contributed by atoms with Gasteiger partial charge in [-0.1, -0.05) is 11.6 Å². The summed E-state index contributed by atoms with van der Waals surface area (Å²) in [6.07, 6.45) is 0.837. The molecule has 0 aliphatic heterocycles. The second-order valence-corrected chi connectivity index (χ2v) is 11.1. The Kier molecular flexibility index (Phi) is 6.81. The number of benzene rings is 1. The highest BCUT2D eigenvalue weighted by molar-refractivity contribution is 6.37. The van der Waals surface area contributed by atoms with Crippen LogP contribution in [0.4, 0.5) is 0 Å². The smallest absolute Gasteiger partial charge is 0.260 e. The molecule has 1 heterocycles. The SMILES string of the molecule is COc1cc(=O)c2c(=O)c3c(c(=O)c=2c1=O)=C(O)[C@]1(CCc2c1c(O)c1c(=O)[nH]c(/C=N/NC(=O)CNC(C)=O)cc1c2Cl)C=3O. The maximum atomic E-state index is 13.6. The summed E-state index contributed by atoms with van der Waals surface area (Å²) in [7, 11) is 1.09. The number of hydrogen-bond donors (Lipinski definition) is 6. The number of H-pyrrole nitrogens is 1. The van der Waals surface area contributed by atoms with E-state index in [1.54, 1.807) is 0 Å². The average Bonchev–Trinajstić information content (AvgIpc) is 3.51. The Morgan fingerprint density at radius 2 is 1.67 bits per heavy atom. The Morgan fingerprint density at radius 1 is 1.02 bits per heavy atom. The van der Waals surface area contributed by atoms with Crippen molar-refractivity contribution in [1.29, 1.82) is 0 Å². The molecule has 2 amide bonds. The number of carbonyl (C=O) groups is 2. The molecular formula is C30H21ClN4O11. The van der Waals surface area contributed by atoms with Crippen LogP contribution in [0.5, 0.6) is 11.5 Å². The molecule has 0 bridgehead atoms. The third-order valence-corrected chi connectivity index (χ3v) is 8.70. The van der Waals surface area contributed by atoms with Crippen molar-refractivity contribution < 1.29 is 29.6 Å². The molecule has 6 N–H and O–H groups in total. The first kappa shape index (κ1) is 30.2. The number of phenolic OH excluding ortho intramolecular Hbond substituents is 1. The molecule has 1 aromatic carbocycles. The van der Waals surface area contributed by atoms with Crippen LogP contribution in [0.15, 0.2) is 41.2 Å². The first-order valence-corrected chi connectivity index (χ1v) is 13.9. The summed E-state index contributed by atoms with van der Waals surface area (Å²) < 4.78 is 4.88. The molecule has 234 valence electrons. The molecule has 0 radical (unpaired) electrons. The van der Waals surface area contributed by atoms with Crippen LogP contribution in [-0.2, 0) is 21.4 Å². The van der Waals surface area contributed by atoms with E-state index in [9.17, 15) is 48.9 Å². The van der Waals surface area contributed by atoms with E-state index in [-0.39, 0.29) is 52.0 Å². The number of pyridine rings is 1. The van der Waals surface area contributed by atoms with Crippen molar-refractivity contribution >= 4 is 51.9 Å². The first-order chi connectivity index (χ1) is 21.8. The number of halogens is 1. The Morgan fingerprint density at radius 3 is 2.30 bits per heavy atom. The normalized spacial score (nSPS) is 16.8. The number of aliphatic hydroxyl groups excluding tert-OH is 2. The van der Waals surface area contributed by atoms with Gasteiger partial charge in [0.15, 0.2) is 11.2 Å². The predicted octanol–water partition coefficient (Wildman–Crippen LogP) is -2.25. The van der Waals surface area contributed by atoms with E-state index >= 15 is 0 Å². The minimum Gasteiger partial charge on any atom is -0.510 e. The third-order valence-electron chi connectivity index (χ3n) is 8.27. The molecule has 0 saturated carbocycles. The minimum atomic E-state index is -2.11. The number of aromatic hydroxyl groups is 1. The average molecular weight is 649 g/mol. The number of nitrogens with zero attached hydrogens (tertiary/aromatic N) is 1. The topological polar surface area (TPSA) is 242 Å². The van der Waals surface area contributed by atoms with Gasteiger partial charge in [0.25, 0.3) is 11.5 Å². The molecule has 4 aliphatic rings. The Labute approximate surface area is 258 Å². The van der Waals surface area contributed by atoms with E-state index in [1.165, 1.54) is 13.0 Å². The van der Waals surface area contributed by atoms with Crippen molar-refractivity contribution in [3.63, 3.8) is 0 Å². The summed E-state index contributed by atoms with van der Waals surface area (Å²) >= 11 is 6.73. The lowest BCUT2D eigenvalue weighted by Gasteiger charge is -2.27. The Balaban J connectivity index is 1.58. The summed E-state index contributed by atoms with van der Waals surface area (Å²) in [6.45, 7) is 0.890. The zero-order valence-electron chi connectivity index (χ0n) is 23.8. The highest BCUT2D eigenvalue weighted by Gasteiger charge is 2.53. The number of methoxy groups -OCH3 is 1. The molecule has 4 aliphatic carbocycles. The quantitative estimate of drug-likeness (QED) is 0.0998. The van der Waals surface area contributed by atoms with Gasteiger partial charge in [0.2, 0.25) is 22.2 Å². The molecule has 1 aromatic heterocycles. The van der Waals surface area contributed by atoms with Crippen LogP contribution >= 0.6 is 11.6 Å². The van der Waals surface area contributed by atoms with Gasteiger partial charge in [-0.05, 0) is 24.5 Å². The lowest BCUT2D eigenvalue weighted by Crippen LogP contribution is -2.51. The number of nitrogens with one attached hydrogen (secondary N) is 3. The molecule has 0 saturated heterocycles. The van der Waals surface area contributed by atoms with Crippen molar-refractivity contribution in [3.05, 3.63) is 106 Å². The van der Waals surface area contributed by atoms with Crippen LogP contribution in [0.1, 0.15) is 30.2 Å². The number of aromatic amines is 1. The van der Waals surface area contributed by atoms with E-state index in [0.29, 0.717) is 0 Å². The van der Waals surface area contributed by atoms with Gasteiger partial charge in [-0.3, -0.25) is 33.6 Å². The molecular weight excluding hydrogens is 628 g/mol. The molecule has 15 nitrogen and oxygen atoms in total. The number of rotatable bonds is 5. The Bertz CT molecular complexity index is 2610. The zero-order chi connectivity index (χ0) is 33.4. The number of hydrazone groups is 1. The van der Waals surface area contributed by atoms with Crippen LogP contribution in [0.3, 0.4) is 0 Å². The van der Waals surface area contributed by atoms with Gasteiger partial charge in [-0.15, -0.1) is 0 Å². The van der Waals surface area contributed by atoms with Crippen LogP contribution in [-0.4, -0.2) is 52.0 Å². The van der Waals surface area contributed by atoms with Crippen LogP contribution in [0, 0.1) is 10.4 Å². The van der Waals surface area contributed by atoms with Gasteiger partial charge in [-0.2, -0.15) is 5.10 Å². The van der Waals surface area contributed by atoms with E-state index in [1.807, 2.05) is 0 Å². The van der Waals surface area contributed by atoms with E-state index in [4.69, 9.17) is 16.3 Å². The van der Waals surface area contributed by atoms with Crippen molar-refractivity contribution in [2.75, 3.05) is 13.7 Å². The molecule has 16 heteroatoms. The highest BCUT2D eigenvalue weighted by atomic mass is 35.5. The fourth-order valence-corrected chi connectivity index (χ4v) is 6.64. The maximum absolute atomic E-state index is 13.6. The Hall–Kier alpha value is -5.83. The minimum absolute atomic E-state index is 0.0233. The second kappa shape index (κ2) is 10.4. The standard InChI is InChI=1S/C30H21ClN4O11/c1-9(36)32-8-15(38)35-33-7-10-5-12-16(29(45)34-10)26(42)21-11(22(12)31)3-4-30(21)27(43)19-20(28(30)44)25(41)18-17(24(19)40)13(37)6-14(46-2)23(18)39/h5-7,42-44H,3-4,8H2,1-2H3,(H,32,36)(H,34,45)(H,35,38)/b33-7+/t30-/m0/s1. The molecule has 0 unspecified atom stereocenters. The number of ether oxygens (including phenoxy) is 1. The molecule has 1 spiro atoms. The fraction of sp³-hybridized carbons (Fsp3) is 0.200. The monoisotopic (exact) mass is 648 g/mol. The zero-order valence-corrected chi connectivity index (χ0v) is 24.5. The van der Waals surface area contributed by atoms with E-state index in [0.717, 1.165) is 19.4 Å². The molecule has 6 rings (SSSR count). The van der Waals surface area contributed by atoms with E-state index in [2.05, 4.69) is 20.8 Å². The lowest BCUT2D eigenvalue weighted by molar-refractivity contribution is -0.125. The molecule has 46 heavy (non-hydrogen) atoms. The van der Waals surface area contributed by atoms with Crippen LogP contribution < -0.4 is 53.2 Å². The maximum Gasteiger partial charge on any atom is 0.260 e. The molecule has 2 aromatic rings. The van der Waals surface area contributed by atoms with Crippen molar-refractivity contribution in [1.82, 2.24) is 15.7 Å². The van der Waals surface area contributed by atoms with Gasteiger partial charge in [0, 0.05) is 23.9 Å². The van der Waals surface area contributed by atoms with Gasteiger partial charge >= 0.3 is 0 Å². The third kappa shape index (κ3) is 3.98. The van der Waals surface area contributed by atoms with Gasteiger partial charge < -0.3 is 30.4 Å². The number of hydrogen-bond acceptors (Lipinski definition) is 12. The summed E-state index contributed by atoms with van der Waals surface area (Å²) in [5.41, 5.74) is -5.29. The van der Waals surface area contributed by atoms with Gasteiger partial charge in [-0.25, -0.2) is 5.43 Å². The summed E-state index contributed by atoms with van der Waals surface area (Å²) in [5, 5.41) is 37.3. The fourth-order valence-electron chi connectivity index (χ4n) is 6.30. The van der Waals surface area contributed by atoms with Crippen LogP contribution in [0.2, 0.25) is 5.02 Å². The number of aromatic nitrogens is 1. The number of aliphatic hydroxyl groups is 2. The second-order valence-electron chi connectivity index (χ2n) is 10.7. The number of phenols is 1. The van der Waals surface area contributed by atoms with Crippen molar-refractivity contribution in [3.8, 4) is 11.5 Å². The molecule has 0 fully saturated rings. The van der Waals surface area contributed by atoms with Gasteiger partial charge in [0.1, 0.15) is 22.7 Å². The summed E-state index contributed by atoms with van der Waals surface area (Å²) in [4.78, 5) is 91.4. The number of carbonyl (C=O) groups excluding carboxylic acids is 2.